The predicted octanol–water partition coefficient (Wildman–Crippen LogP) is 6.69. The van der Waals surface area contributed by atoms with E-state index in [1.165, 1.54) is 17.7 Å². The van der Waals surface area contributed by atoms with Gasteiger partial charge >= 0.3 is 6.03 Å². The lowest BCUT2D eigenvalue weighted by Crippen LogP contribution is -2.38. The number of anilines is 1. The zero-order valence-electron chi connectivity index (χ0n) is 19.5. The molecule has 0 saturated heterocycles. The van der Waals surface area contributed by atoms with Crippen molar-refractivity contribution in [1.82, 2.24) is 4.90 Å². The quantitative estimate of drug-likeness (QED) is 0.232. The SMILES string of the molecule is I.NC(=O)N(CCCN(CCCc1cc(F)ccc1F)CCc1ccc(Cl)cc1)c1ccccc1. The maximum Gasteiger partial charge on any atom is 0.319 e. The lowest BCUT2D eigenvalue weighted by atomic mass is 10.1. The highest BCUT2D eigenvalue weighted by atomic mass is 127. The van der Waals surface area contributed by atoms with Crippen LogP contribution in [0.1, 0.15) is 24.0 Å². The van der Waals surface area contributed by atoms with E-state index >= 15 is 0 Å². The van der Waals surface area contributed by atoms with Crippen LogP contribution >= 0.6 is 35.6 Å². The molecule has 0 heterocycles. The number of hydrogen-bond acceptors (Lipinski definition) is 2. The van der Waals surface area contributed by atoms with E-state index < -0.39 is 11.8 Å². The molecule has 35 heavy (non-hydrogen) atoms. The van der Waals surface area contributed by atoms with Gasteiger partial charge in [0.25, 0.3) is 0 Å². The van der Waals surface area contributed by atoms with E-state index in [9.17, 15) is 13.6 Å². The van der Waals surface area contributed by atoms with E-state index in [1.807, 2.05) is 54.6 Å². The molecule has 0 saturated carbocycles. The molecule has 8 heteroatoms. The molecule has 0 spiro atoms. The summed E-state index contributed by atoms with van der Waals surface area (Å²) in [4.78, 5) is 15.8. The van der Waals surface area contributed by atoms with Crippen molar-refractivity contribution in [2.75, 3.05) is 31.1 Å². The smallest absolute Gasteiger partial charge is 0.319 e. The number of nitrogens with zero attached hydrogens (tertiary/aromatic N) is 2. The second-order valence-electron chi connectivity index (χ2n) is 8.24. The van der Waals surface area contributed by atoms with Gasteiger partial charge in [-0.3, -0.25) is 4.90 Å². The van der Waals surface area contributed by atoms with Gasteiger partial charge in [0.05, 0.1) is 0 Å². The number of primary amides is 1. The minimum atomic E-state index is -0.486. The average Bonchev–Trinajstić information content (AvgIpc) is 2.83. The molecule has 3 aromatic rings. The van der Waals surface area contributed by atoms with Crippen molar-refractivity contribution in [2.45, 2.75) is 25.7 Å². The maximum absolute atomic E-state index is 14.0. The Morgan fingerprint density at radius 2 is 1.51 bits per heavy atom. The Hall–Kier alpha value is -2.23. The van der Waals surface area contributed by atoms with Crippen LogP contribution < -0.4 is 10.6 Å². The zero-order valence-corrected chi connectivity index (χ0v) is 22.6. The maximum atomic E-state index is 14.0. The van der Waals surface area contributed by atoms with Crippen LogP contribution in [0.3, 0.4) is 0 Å². The summed E-state index contributed by atoms with van der Waals surface area (Å²) in [5.41, 5.74) is 7.93. The molecule has 0 aliphatic rings. The molecule has 0 aliphatic heterocycles. The van der Waals surface area contributed by atoms with Crippen LogP contribution in [0, 0.1) is 11.6 Å². The monoisotopic (exact) mass is 613 g/mol. The number of urea groups is 1. The second-order valence-corrected chi connectivity index (χ2v) is 8.67. The highest BCUT2D eigenvalue weighted by Crippen LogP contribution is 2.15. The summed E-state index contributed by atoms with van der Waals surface area (Å²) in [5.74, 6) is -0.808. The van der Waals surface area contributed by atoms with Gasteiger partial charge in [-0.2, -0.15) is 0 Å². The van der Waals surface area contributed by atoms with Gasteiger partial charge in [-0.05, 0) is 92.4 Å². The lowest BCUT2D eigenvalue weighted by Gasteiger charge is -2.25. The van der Waals surface area contributed by atoms with E-state index in [2.05, 4.69) is 4.90 Å². The van der Waals surface area contributed by atoms with Crippen LogP contribution in [-0.2, 0) is 12.8 Å². The number of carbonyl (C=O) groups is 1. The molecule has 2 N–H and O–H groups in total. The normalized spacial score (nSPS) is 10.7. The number of benzene rings is 3. The molecule has 0 aliphatic carbocycles. The highest BCUT2D eigenvalue weighted by Gasteiger charge is 2.13. The molecule has 3 rings (SSSR count). The summed E-state index contributed by atoms with van der Waals surface area (Å²) in [6.07, 6.45) is 2.72. The molecular weight excluding hydrogens is 583 g/mol. The Bertz CT molecular complexity index is 1050. The van der Waals surface area contributed by atoms with Crippen molar-refractivity contribution in [1.29, 1.82) is 0 Å². The third-order valence-corrected chi connectivity index (χ3v) is 6.00. The molecule has 188 valence electrons. The highest BCUT2D eigenvalue weighted by molar-refractivity contribution is 14.0. The van der Waals surface area contributed by atoms with Crippen LogP contribution in [0.4, 0.5) is 19.3 Å². The van der Waals surface area contributed by atoms with Crippen LogP contribution in [0.25, 0.3) is 0 Å². The summed E-state index contributed by atoms with van der Waals surface area (Å²) in [5, 5.41) is 0.699. The van der Waals surface area contributed by atoms with Crippen LogP contribution in [0.5, 0.6) is 0 Å². The predicted molar refractivity (Wildman–Crippen MR) is 150 cm³/mol. The van der Waals surface area contributed by atoms with Crippen LogP contribution in [0.2, 0.25) is 5.02 Å². The van der Waals surface area contributed by atoms with E-state index in [4.69, 9.17) is 17.3 Å². The first-order valence-corrected chi connectivity index (χ1v) is 11.8. The van der Waals surface area contributed by atoms with Gasteiger partial charge in [-0.25, -0.2) is 13.6 Å². The lowest BCUT2D eigenvalue weighted by molar-refractivity contribution is 0.251. The fourth-order valence-corrected chi connectivity index (χ4v) is 4.05. The van der Waals surface area contributed by atoms with Crippen molar-refractivity contribution in [3.63, 3.8) is 0 Å². The fourth-order valence-electron chi connectivity index (χ4n) is 3.93. The van der Waals surface area contributed by atoms with Crippen molar-refractivity contribution in [3.05, 3.63) is 101 Å². The summed E-state index contributed by atoms with van der Waals surface area (Å²) in [6.45, 7) is 2.77. The average molecular weight is 614 g/mol. The summed E-state index contributed by atoms with van der Waals surface area (Å²) in [6, 6.07) is 20.2. The van der Waals surface area contributed by atoms with Crippen LogP contribution in [0.15, 0.2) is 72.8 Å². The first-order chi connectivity index (χ1) is 16.4. The largest absolute Gasteiger partial charge is 0.351 e. The Kier molecular flexibility index (Phi) is 12.4. The Balaban J connectivity index is 0.00000432. The molecule has 4 nitrogen and oxygen atoms in total. The third-order valence-electron chi connectivity index (χ3n) is 5.75. The summed E-state index contributed by atoms with van der Waals surface area (Å²) in [7, 11) is 0. The molecule has 0 atom stereocenters. The van der Waals surface area contributed by atoms with E-state index in [0.29, 0.717) is 30.0 Å². The van der Waals surface area contributed by atoms with Crippen molar-refractivity contribution in [2.24, 2.45) is 5.73 Å². The van der Waals surface area contributed by atoms with E-state index in [1.54, 1.807) is 4.90 Å². The van der Waals surface area contributed by atoms with E-state index in [0.717, 1.165) is 44.2 Å². The number of para-hydroxylation sites is 1. The standard InChI is InChI=1S/C27H30ClF2N3O.HI/c28-23-11-9-21(10-12-23)15-19-32(16-4-6-22-20-24(29)13-14-26(22)30)17-5-18-33(27(31)34)25-7-2-1-3-8-25;/h1-3,7-14,20H,4-6,15-19H2,(H2,31,34);1H. The number of rotatable bonds is 12. The van der Waals surface area contributed by atoms with E-state index in [-0.39, 0.29) is 29.8 Å². The van der Waals surface area contributed by atoms with Gasteiger partial charge in [0.2, 0.25) is 0 Å². The number of halogens is 4. The van der Waals surface area contributed by atoms with Gasteiger partial charge < -0.3 is 10.6 Å². The van der Waals surface area contributed by atoms with Crippen molar-refractivity contribution < 1.29 is 13.6 Å². The number of aryl methyl sites for hydroxylation is 1. The Morgan fingerprint density at radius 1 is 0.829 bits per heavy atom. The van der Waals surface area contributed by atoms with Crippen molar-refractivity contribution >= 4 is 47.3 Å². The van der Waals surface area contributed by atoms with Crippen molar-refractivity contribution in [3.8, 4) is 0 Å². The minimum Gasteiger partial charge on any atom is -0.351 e. The molecule has 0 radical (unpaired) electrons. The number of carbonyl (C=O) groups excluding carboxylic acids is 1. The third kappa shape index (κ3) is 9.74. The first kappa shape index (κ1) is 29.0. The number of hydrogen-bond donors (Lipinski definition) is 1. The zero-order chi connectivity index (χ0) is 24.3. The first-order valence-electron chi connectivity index (χ1n) is 11.4. The van der Waals surface area contributed by atoms with Crippen LogP contribution in [-0.4, -0.2) is 37.1 Å². The molecule has 3 aromatic carbocycles. The molecule has 2 amide bonds. The van der Waals surface area contributed by atoms with Gasteiger partial charge in [-0.1, -0.05) is 41.9 Å². The number of amides is 2. The summed E-state index contributed by atoms with van der Waals surface area (Å²) < 4.78 is 27.5. The van der Waals surface area contributed by atoms with Gasteiger partial charge in [-0.15, -0.1) is 24.0 Å². The Labute approximate surface area is 228 Å². The summed E-state index contributed by atoms with van der Waals surface area (Å²) >= 11 is 5.99. The van der Waals surface area contributed by atoms with Gasteiger partial charge in [0.15, 0.2) is 0 Å². The number of nitrogens with two attached hydrogens (primary N) is 1. The fraction of sp³-hybridized carbons (Fsp3) is 0.296. The molecular formula is C27H31ClF2IN3O. The molecule has 0 aromatic heterocycles. The molecule has 0 bridgehead atoms. The molecule has 0 fully saturated rings. The molecule has 0 unspecified atom stereocenters. The topological polar surface area (TPSA) is 49.6 Å². The van der Waals surface area contributed by atoms with Gasteiger partial charge in [0, 0.05) is 23.8 Å². The minimum absolute atomic E-state index is 0. The van der Waals surface area contributed by atoms with Gasteiger partial charge in [0.1, 0.15) is 11.6 Å². The second kappa shape index (κ2) is 15.0. The Morgan fingerprint density at radius 3 is 2.20 bits per heavy atom.